The SMILES string of the molecule is COc1ccc2c(c1)CC[C@H]1[C@@H]3[C@H](CCCCCOC(=O)Nc4cccc5ccccc45)CC(=O)[C@@]3(C)CC[C@H]21. The maximum Gasteiger partial charge on any atom is 0.411 e. The number of fused-ring (bicyclic) bond motifs is 6. The molecule has 1 N–H and O–H groups in total. The molecule has 0 radical (unpaired) electrons. The molecule has 5 heteroatoms. The number of ether oxygens (including phenoxy) is 2. The topological polar surface area (TPSA) is 64.6 Å². The van der Waals surface area contributed by atoms with E-state index in [0.29, 0.717) is 36.1 Å². The van der Waals surface area contributed by atoms with Gasteiger partial charge < -0.3 is 9.47 Å². The lowest BCUT2D eigenvalue weighted by Gasteiger charge is -2.50. The molecule has 3 aliphatic rings. The molecule has 0 saturated heterocycles. The summed E-state index contributed by atoms with van der Waals surface area (Å²) in [4.78, 5) is 25.7. The van der Waals surface area contributed by atoms with Crippen LogP contribution >= 0.6 is 0 Å². The Morgan fingerprint density at radius 2 is 1.88 bits per heavy atom. The van der Waals surface area contributed by atoms with E-state index >= 15 is 0 Å². The molecular weight excluding hydrogens is 498 g/mol. The van der Waals surface area contributed by atoms with Crippen LogP contribution in [0.3, 0.4) is 0 Å². The van der Waals surface area contributed by atoms with Crippen LogP contribution < -0.4 is 10.1 Å². The Morgan fingerprint density at radius 3 is 2.75 bits per heavy atom. The van der Waals surface area contributed by atoms with E-state index < -0.39 is 6.09 Å². The van der Waals surface area contributed by atoms with E-state index in [0.717, 1.165) is 73.6 Å². The first-order valence-corrected chi connectivity index (χ1v) is 15.1. The second kappa shape index (κ2) is 11.3. The van der Waals surface area contributed by atoms with Gasteiger partial charge in [0.15, 0.2) is 0 Å². The predicted molar refractivity (Wildman–Crippen MR) is 159 cm³/mol. The summed E-state index contributed by atoms with van der Waals surface area (Å²) >= 11 is 0. The van der Waals surface area contributed by atoms with Crippen LogP contribution in [-0.2, 0) is 16.0 Å². The molecule has 3 aromatic carbocycles. The summed E-state index contributed by atoms with van der Waals surface area (Å²) in [6, 6.07) is 20.5. The number of hydrogen-bond acceptors (Lipinski definition) is 4. The van der Waals surface area contributed by atoms with Crippen LogP contribution in [0.2, 0.25) is 0 Å². The van der Waals surface area contributed by atoms with E-state index in [2.05, 4.69) is 30.4 Å². The van der Waals surface area contributed by atoms with Crippen LogP contribution in [0.15, 0.2) is 60.7 Å². The van der Waals surface area contributed by atoms with Crippen LogP contribution in [0.1, 0.15) is 75.3 Å². The van der Waals surface area contributed by atoms with Crippen molar-refractivity contribution in [1.82, 2.24) is 0 Å². The van der Waals surface area contributed by atoms with Gasteiger partial charge in [0.1, 0.15) is 11.5 Å². The number of benzene rings is 3. The smallest absolute Gasteiger partial charge is 0.411 e. The molecule has 0 aliphatic heterocycles. The van der Waals surface area contributed by atoms with Gasteiger partial charge in [0.2, 0.25) is 0 Å². The molecule has 210 valence electrons. The van der Waals surface area contributed by atoms with Gasteiger partial charge in [-0.25, -0.2) is 4.79 Å². The maximum atomic E-state index is 13.3. The van der Waals surface area contributed by atoms with Gasteiger partial charge in [-0.15, -0.1) is 0 Å². The van der Waals surface area contributed by atoms with E-state index in [9.17, 15) is 9.59 Å². The van der Waals surface area contributed by atoms with Gasteiger partial charge in [-0.05, 0) is 96.9 Å². The number of Topliss-reactive ketones (excluding diaryl/α,β-unsaturated/α-hetero) is 1. The number of carbonyl (C=O) groups is 2. The summed E-state index contributed by atoms with van der Waals surface area (Å²) in [5.74, 6) is 3.56. The highest BCUT2D eigenvalue weighted by atomic mass is 16.5. The van der Waals surface area contributed by atoms with Crippen LogP contribution in [0.5, 0.6) is 5.75 Å². The fourth-order valence-electron chi connectivity index (χ4n) is 8.34. The minimum atomic E-state index is -0.406. The Balaban J connectivity index is 1.01. The first kappa shape index (κ1) is 26.9. The normalized spacial score (nSPS) is 27.0. The Morgan fingerprint density at radius 1 is 1.02 bits per heavy atom. The average molecular weight is 540 g/mol. The van der Waals surface area contributed by atoms with Crippen molar-refractivity contribution in [2.45, 2.75) is 70.6 Å². The Labute approximate surface area is 237 Å². The van der Waals surface area contributed by atoms with Crippen LogP contribution in [0.25, 0.3) is 10.8 Å². The number of aryl methyl sites for hydroxylation is 1. The average Bonchev–Trinajstić information content (AvgIpc) is 3.23. The van der Waals surface area contributed by atoms with Gasteiger partial charge in [0.25, 0.3) is 0 Å². The Bertz CT molecular complexity index is 1390. The minimum Gasteiger partial charge on any atom is -0.497 e. The van der Waals surface area contributed by atoms with Gasteiger partial charge in [-0.1, -0.05) is 62.2 Å². The van der Waals surface area contributed by atoms with Crippen molar-refractivity contribution in [2.75, 3.05) is 19.0 Å². The molecule has 5 atom stereocenters. The maximum absolute atomic E-state index is 13.3. The van der Waals surface area contributed by atoms with Crippen LogP contribution in [0, 0.1) is 23.2 Å². The van der Waals surface area contributed by atoms with E-state index in [1.165, 1.54) is 17.5 Å². The number of rotatable bonds is 8. The number of unbranched alkanes of at least 4 members (excludes halogenated alkanes) is 2. The summed E-state index contributed by atoms with van der Waals surface area (Å²) in [6.07, 6.45) is 8.73. The largest absolute Gasteiger partial charge is 0.497 e. The van der Waals surface area contributed by atoms with Crippen molar-refractivity contribution in [3.63, 3.8) is 0 Å². The fourth-order valence-corrected chi connectivity index (χ4v) is 8.34. The standard InChI is InChI=1S/C35H41NO4/c1-35-19-18-29-27-17-15-26(39-2)21-24(27)14-16-30(29)33(35)25(22-32(35)37)10-4-3-7-20-40-34(38)36-31-13-8-11-23-9-5-6-12-28(23)31/h5-6,8-9,11-13,15,17,21,25,29-30,33H,3-4,7,10,14,16,18-20,22H2,1-2H3,(H,36,38)/t25-,29-,30-,33+,35-/m1/s1. The molecule has 2 saturated carbocycles. The number of methoxy groups -OCH3 is 1. The quantitative estimate of drug-likeness (QED) is 0.292. The van der Waals surface area contributed by atoms with Gasteiger partial charge in [-0.3, -0.25) is 10.1 Å². The number of hydrogen-bond donors (Lipinski definition) is 1. The number of anilines is 1. The summed E-state index contributed by atoms with van der Waals surface area (Å²) in [7, 11) is 1.74. The molecule has 3 aliphatic carbocycles. The van der Waals surface area contributed by atoms with Crippen molar-refractivity contribution in [2.24, 2.45) is 23.2 Å². The van der Waals surface area contributed by atoms with Gasteiger partial charge >= 0.3 is 6.09 Å². The Hall–Kier alpha value is -3.34. The molecule has 5 nitrogen and oxygen atoms in total. The fraction of sp³-hybridized carbons (Fsp3) is 0.486. The molecule has 0 aromatic heterocycles. The van der Waals surface area contributed by atoms with Crippen molar-refractivity contribution >= 4 is 28.3 Å². The zero-order valence-electron chi connectivity index (χ0n) is 23.8. The van der Waals surface area contributed by atoms with Gasteiger partial charge in [0.05, 0.1) is 19.4 Å². The summed E-state index contributed by atoms with van der Waals surface area (Å²) < 4.78 is 11.0. The predicted octanol–water partition coefficient (Wildman–Crippen LogP) is 8.31. The number of carbonyl (C=O) groups excluding carboxylic acids is 2. The molecule has 3 aromatic rings. The van der Waals surface area contributed by atoms with Gasteiger partial charge in [0, 0.05) is 17.2 Å². The molecule has 0 unspecified atom stereocenters. The van der Waals surface area contributed by atoms with Crippen LogP contribution in [0.4, 0.5) is 10.5 Å². The second-order valence-corrected chi connectivity index (χ2v) is 12.4. The molecule has 0 heterocycles. The van der Waals surface area contributed by atoms with Crippen molar-refractivity contribution in [3.05, 3.63) is 71.8 Å². The third-order valence-corrected chi connectivity index (χ3v) is 10.3. The first-order valence-electron chi connectivity index (χ1n) is 15.1. The molecule has 40 heavy (non-hydrogen) atoms. The molecule has 0 spiro atoms. The zero-order chi connectivity index (χ0) is 27.7. The summed E-state index contributed by atoms with van der Waals surface area (Å²) in [5.41, 5.74) is 3.55. The first-order chi connectivity index (χ1) is 19.5. The number of amides is 1. The molecule has 0 bridgehead atoms. The lowest BCUT2D eigenvalue weighted by atomic mass is 9.54. The highest BCUT2D eigenvalue weighted by Gasteiger charge is 2.58. The van der Waals surface area contributed by atoms with Crippen LogP contribution in [-0.4, -0.2) is 25.6 Å². The molecule has 1 amide bonds. The molecule has 6 rings (SSSR count). The lowest BCUT2D eigenvalue weighted by Crippen LogP contribution is -2.44. The highest BCUT2D eigenvalue weighted by molar-refractivity contribution is 6.00. The van der Waals surface area contributed by atoms with Gasteiger partial charge in [-0.2, -0.15) is 0 Å². The van der Waals surface area contributed by atoms with Crippen molar-refractivity contribution < 1.29 is 19.1 Å². The lowest BCUT2D eigenvalue weighted by molar-refractivity contribution is -0.129. The summed E-state index contributed by atoms with van der Waals surface area (Å²) in [5, 5.41) is 4.99. The highest BCUT2D eigenvalue weighted by Crippen LogP contribution is 2.62. The number of nitrogens with one attached hydrogen (secondary N) is 1. The monoisotopic (exact) mass is 539 g/mol. The van der Waals surface area contributed by atoms with Crippen molar-refractivity contribution in [1.29, 1.82) is 0 Å². The van der Waals surface area contributed by atoms with E-state index in [-0.39, 0.29) is 5.41 Å². The summed E-state index contributed by atoms with van der Waals surface area (Å²) in [6.45, 7) is 2.68. The molecular formula is C35H41NO4. The van der Waals surface area contributed by atoms with Crippen molar-refractivity contribution in [3.8, 4) is 5.75 Å². The second-order valence-electron chi connectivity index (χ2n) is 12.4. The zero-order valence-corrected chi connectivity index (χ0v) is 23.8. The number of ketones is 1. The molecule has 2 fully saturated rings. The minimum absolute atomic E-state index is 0.154. The van der Waals surface area contributed by atoms with E-state index in [1.807, 2.05) is 42.5 Å². The van der Waals surface area contributed by atoms with E-state index in [1.54, 1.807) is 7.11 Å². The third-order valence-electron chi connectivity index (χ3n) is 10.3. The van der Waals surface area contributed by atoms with E-state index in [4.69, 9.17) is 9.47 Å². The third kappa shape index (κ3) is 5.00. The Kier molecular flexibility index (Phi) is 7.57.